The summed E-state index contributed by atoms with van der Waals surface area (Å²) in [5.74, 6) is -1.63. The number of aromatic carboxylic acids is 1. The van der Waals surface area contributed by atoms with Crippen molar-refractivity contribution in [1.82, 2.24) is 4.31 Å². The molecule has 0 aliphatic heterocycles. The summed E-state index contributed by atoms with van der Waals surface area (Å²) >= 11 is 4.74. The molecule has 0 aliphatic rings. The fourth-order valence-corrected chi connectivity index (χ4v) is 4.63. The summed E-state index contributed by atoms with van der Waals surface area (Å²) in [6.45, 7) is 1.63. The van der Waals surface area contributed by atoms with E-state index in [1.807, 2.05) is 11.4 Å². The molecule has 9 heteroatoms. The lowest BCUT2D eigenvalue weighted by Gasteiger charge is -2.15. The molecule has 0 saturated heterocycles. The molecule has 0 unspecified atom stereocenters. The number of nitrogens with zero attached hydrogens (tertiary/aromatic N) is 1. The molecule has 0 aliphatic carbocycles. The Labute approximate surface area is 134 Å². The van der Waals surface area contributed by atoms with Gasteiger partial charge in [-0.15, -0.1) is 11.3 Å². The zero-order chi connectivity index (χ0) is 15.8. The lowest BCUT2D eigenvalue weighted by molar-refractivity contribution is 0.0661. The van der Waals surface area contributed by atoms with E-state index in [1.165, 1.54) is 25.3 Å². The van der Waals surface area contributed by atoms with Crippen molar-refractivity contribution in [2.45, 2.75) is 18.4 Å². The number of carboxylic acids is 1. The Hall–Kier alpha value is -1.16. The van der Waals surface area contributed by atoms with Gasteiger partial charge in [0.15, 0.2) is 0 Å². The summed E-state index contributed by atoms with van der Waals surface area (Å²) in [5.41, 5.74) is 0. The van der Waals surface area contributed by atoms with Crippen LogP contribution < -0.4 is 0 Å². The molecule has 2 aromatic rings. The maximum atomic E-state index is 12.5. The van der Waals surface area contributed by atoms with Gasteiger partial charge in [-0.2, -0.15) is 4.31 Å². The highest BCUT2D eigenvalue weighted by Gasteiger charge is 2.28. The van der Waals surface area contributed by atoms with Gasteiger partial charge in [0.25, 0.3) is 0 Å². The molecule has 2 rings (SSSR count). The van der Waals surface area contributed by atoms with Gasteiger partial charge in [0.2, 0.25) is 15.8 Å². The Bertz CT molecular complexity index is 777. The standard InChI is InChI=1S/C12H12BrNO5S2/c1-7-11(4-10(19-7)12(15)16)21(17,18)14(2)5-9-3-8(13)6-20-9/h3-4,6H,5H2,1-2H3,(H,15,16). The van der Waals surface area contributed by atoms with Gasteiger partial charge in [0.05, 0.1) is 0 Å². The topological polar surface area (TPSA) is 87.8 Å². The summed E-state index contributed by atoms with van der Waals surface area (Å²) in [5, 5.41) is 10.7. The Morgan fingerprint density at radius 2 is 2.14 bits per heavy atom. The number of carboxylic acid groups (broad SMARTS) is 1. The second kappa shape index (κ2) is 5.91. The first kappa shape index (κ1) is 16.2. The largest absolute Gasteiger partial charge is 0.475 e. The van der Waals surface area contributed by atoms with Gasteiger partial charge in [-0.05, 0) is 28.9 Å². The SMILES string of the molecule is Cc1oc(C(=O)O)cc1S(=O)(=O)N(C)Cc1cc(Br)cs1. The minimum absolute atomic E-state index is 0.0617. The van der Waals surface area contributed by atoms with Crippen molar-refractivity contribution >= 4 is 43.3 Å². The van der Waals surface area contributed by atoms with Crippen molar-refractivity contribution in [3.8, 4) is 0 Å². The molecule has 0 amide bonds. The number of hydrogen-bond acceptors (Lipinski definition) is 5. The lowest BCUT2D eigenvalue weighted by Crippen LogP contribution is -2.26. The fraction of sp³-hybridized carbons (Fsp3) is 0.250. The van der Waals surface area contributed by atoms with E-state index >= 15 is 0 Å². The predicted octanol–water partition coefficient (Wildman–Crippen LogP) is 2.93. The van der Waals surface area contributed by atoms with Gasteiger partial charge in [-0.1, -0.05) is 0 Å². The quantitative estimate of drug-likeness (QED) is 0.843. The molecule has 0 aromatic carbocycles. The molecule has 2 aromatic heterocycles. The average molecular weight is 394 g/mol. The first-order chi connectivity index (χ1) is 9.71. The van der Waals surface area contributed by atoms with Crippen LogP contribution in [0.2, 0.25) is 0 Å². The molecule has 1 N–H and O–H groups in total. The molecular formula is C12H12BrNO5S2. The highest BCUT2D eigenvalue weighted by atomic mass is 79.9. The molecular weight excluding hydrogens is 382 g/mol. The van der Waals surface area contributed by atoms with Crippen molar-refractivity contribution in [2.75, 3.05) is 7.05 Å². The average Bonchev–Trinajstić information content (AvgIpc) is 2.96. The number of halogens is 1. The summed E-state index contributed by atoms with van der Waals surface area (Å²) in [6, 6.07) is 2.87. The van der Waals surface area contributed by atoms with Crippen LogP contribution in [-0.2, 0) is 16.6 Å². The predicted molar refractivity (Wildman–Crippen MR) is 81.1 cm³/mol. The minimum Gasteiger partial charge on any atom is -0.475 e. The third-order valence-corrected chi connectivity index (χ3v) is 6.36. The van der Waals surface area contributed by atoms with E-state index in [2.05, 4.69) is 15.9 Å². The van der Waals surface area contributed by atoms with E-state index < -0.39 is 21.8 Å². The normalized spacial score (nSPS) is 12.0. The zero-order valence-electron chi connectivity index (χ0n) is 11.2. The second-order valence-electron chi connectivity index (χ2n) is 4.33. The van der Waals surface area contributed by atoms with Gasteiger partial charge in [-0.25, -0.2) is 13.2 Å². The van der Waals surface area contributed by atoms with E-state index in [0.29, 0.717) is 0 Å². The molecule has 0 saturated carbocycles. The van der Waals surface area contributed by atoms with Crippen molar-refractivity contribution < 1.29 is 22.7 Å². The monoisotopic (exact) mass is 393 g/mol. The molecule has 2 heterocycles. The zero-order valence-corrected chi connectivity index (χ0v) is 14.4. The third kappa shape index (κ3) is 3.37. The first-order valence-corrected chi connectivity index (χ1v) is 8.86. The van der Waals surface area contributed by atoms with E-state index in [-0.39, 0.29) is 17.2 Å². The van der Waals surface area contributed by atoms with E-state index in [0.717, 1.165) is 19.7 Å². The Balaban J connectivity index is 2.30. The van der Waals surface area contributed by atoms with Crippen molar-refractivity contribution in [3.63, 3.8) is 0 Å². The summed E-state index contributed by atoms with van der Waals surface area (Å²) in [4.78, 5) is 11.6. The molecule has 114 valence electrons. The lowest BCUT2D eigenvalue weighted by atomic mass is 10.4. The van der Waals surface area contributed by atoms with Crippen LogP contribution in [0.25, 0.3) is 0 Å². The van der Waals surface area contributed by atoms with Crippen LogP contribution in [0.15, 0.2) is 31.3 Å². The van der Waals surface area contributed by atoms with Gasteiger partial charge >= 0.3 is 5.97 Å². The highest BCUT2D eigenvalue weighted by molar-refractivity contribution is 9.10. The van der Waals surface area contributed by atoms with Crippen LogP contribution in [0.5, 0.6) is 0 Å². The van der Waals surface area contributed by atoms with Gasteiger partial charge in [-0.3, -0.25) is 0 Å². The molecule has 6 nitrogen and oxygen atoms in total. The number of furan rings is 1. The first-order valence-electron chi connectivity index (χ1n) is 5.75. The summed E-state index contributed by atoms with van der Waals surface area (Å²) in [7, 11) is -2.36. The smallest absolute Gasteiger partial charge is 0.371 e. The van der Waals surface area contributed by atoms with Gasteiger partial charge in [0.1, 0.15) is 10.7 Å². The number of sulfonamides is 1. The Morgan fingerprint density at radius 3 is 2.62 bits per heavy atom. The summed E-state index contributed by atoms with van der Waals surface area (Å²) in [6.07, 6.45) is 0. The van der Waals surface area contributed by atoms with E-state index in [9.17, 15) is 13.2 Å². The maximum Gasteiger partial charge on any atom is 0.371 e. The van der Waals surface area contributed by atoms with Crippen LogP contribution in [0.1, 0.15) is 21.2 Å². The van der Waals surface area contributed by atoms with Crippen LogP contribution in [0, 0.1) is 6.92 Å². The van der Waals surface area contributed by atoms with Crippen molar-refractivity contribution in [1.29, 1.82) is 0 Å². The van der Waals surface area contributed by atoms with E-state index in [1.54, 1.807) is 0 Å². The Kier molecular flexibility index (Phi) is 4.57. The molecule has 0 radical (unpaired) electrons. The van der Waals surface area contributed by atoms with Crippen LogP contribution >= 0.6 is 27.3 Å². The van der Waals surface area contributed by atoms with Crippen LogP contribution in [0.4, 0.5) is 0 Å². The number of carbonyl (C=O) groups is 1. The number of rotatable bonds is 5. The number of hydrogen-bond donors (Lipinski definition) is 1. The van der Waals surface area contributed by atoms with Gasteiger partial charge in [0, 0.05) is 34.4 Å². The van der Waals surface area contributed by atoms with Crippen LogP contribution in [0.3, 0.4) is 0 Å². The molecule has 0 spiro atoms. The second-order valence-corrected chi connectivity index (χ2v) is 8.25. The van der Waals surface area contributed by atoms with Crippen LogP contribution in [-0.4, -0.2) is 30.8 Å². The molecule has 0 atom stereocenters. The third-order valence-electron chi connectivity index (χ3n) is 2.77. The molecule has 0 bridgehead atoms. The minimum atomic E-state index is -3.80. The maximum absolute atomic E-state index is 12.5. The highest BCUT2D eigenvalue weighted by Crippen LogP contribution is 2.26. The van der Waals surface area contributed by atoms with Gasteiger partial charge < -0.3 is 9.52 Å². The fourth-order valence-electron chi connectivity index (χ4n) is 1.74. The molecule has 0 fully saturated rings. The van der Waals surface area contributed by atoms with E-state index in [4.69, 9.17) is 9.52 Å². The summed E-state index contributed by atoms with van der Waals surface area (Å²) < 4.78 is 31.9. The molecule has 21 heavy (non-hydrogen) atoms. The van der Waals surface area contributed by atoms with Crippen molar-refractivity contribution in [2.24, 2.45) is 0 Å². The number of thiophene rings is 1. The van der Waals surface area contributed by atoms with Crippen molar-refractivity contribution in [3.05, 3.63) is 38.4 Å². The Morgan fingerprint density at radius 1 is 1.48 bits per heavy atom. The number of aryl methyl sites for hydroxylation is 1.